The standard InChI is InChI=1S/C33H39N3O2/c1-33(2,34)27-16-14-26(15-17-27)32-29(24-6-4-3-5-7-24)20-28(21-35-32)36-31(38)19-23-10-8-22(9-11-23)18-30(37)25-12-13-25/h3-7,14-17,20-23,25H,8-13,18-19,34H2,1-2H3,(H,36,38). The highest BCUT2D eigenvalue weighted by Crippen LogP contribution is 2.38. The number of rotatable bonds is 9. The molecule has 0 spiro atoms. The van der Waals surface area contributed by atoms with Crippen molar-refractivity contribution in [2.24, 2.45) is 23.5 Å². The topological polar surface area (TPSA) is 85.1 Å². The number of amides is 1. The van der Waals surface area contributed by atoms with Gasteiger partial charge < -0.3 is 11.1 Å². The number of nitrogens with zero attached hydrogens (tertiary/aromatic N) is 1. The van der Waals surface area contributed by atoms with E-state index in [2.05, 4.69) is 41.7 Å². The van der Waals surface area contributed by atoms with Gasteiger partial charge in [0, 0.05) is 35.4 Å². The first-order valence-corrected chi connectivity index (χ1v) is 14.0. The first-order chi connectivity index (χ1) is 18.3. The Labute approximate surface area is 226 Å². The molecule has 2 fully saturated rings. The Kier molecular flexibility index (Phi) is 7.75. The summed E-state index contributed by atoms with van der Waals surface area (Å²) in [7, 11) is 0. The maximum atomic E-state index is 13.0. The summed E-state index contributed by atoms with van der Waals surface area (Å²) >= 11 is 0. The fourth-order valence-corrected chi connectivity index (χ4v) is 5.63. The van der Waals surface area contributed by atoms with Crippen molar-refractivity contribution >= 4 is 17.4 Å². The molecule has 5 heteroatoms. The van der Waals surface area contributed by atoms with Gasteiger partial charge in [-0.2, -0.15) is 0 Å². The van der Waals surface area contributed by atoms with Crippen molar-refractivity contribution in [3.05, 3.63) is 72.4 Å². The molecule has 3 aromatic rings. The number of carbonyl (C=O) groups is 2. The van der Waals surface area contributed by atoms with Crippen LogP contribution < -0.4 is 11.1 Å². The molecule has 2 aromatic carbocycles. The molecule has 38 heavy (non-hydrogen) atoms. The van der Waals surface area contributed by atoms with Crippen molar-refractivity contribution in [3.8, 4) is 22.4 Å². The highest BCUT2D eigenvalue weighted by atomic mass is 16.1. The fraction of sp³-hybridized carbons (Fsp3) is 0.424. The van der Waals surface area contributed by atoms with E-state index in [0.29, 0.717) is 35.6 Å². The number of nitrogens with two attached hydrogens (primary N) is 1. The molecule has 1 heterocycles. The Morgan fingerprint density at radius 1 is 0.868 bits per heavy atom. The molecule has 0 aliphatic heterocycles. The molecule has 0 bridgehead atoms. The number of benzene rings is 2. The largest absolute Gasteiger partial charge is 0.325 e. The maximum Gasteiger partial charge on any atom is 0.224 e. The van der Waals surface area contributed by atoms with Crippen molar-refractivity contribution in [2.45, 2.75) is 70.8 Å². The number of pyridine rings is 1. The van der Waals surface area contributed by atoms with Gasteiger partial charge in [-0.1, -0.05) is 54.6 Å². The first kappa shape index (κ1) is 26.3. The van der Waals surface area contributed by atoms with Crippen LogP contribution in [0.5, 0.6) is 0 Å². The summed E-state index contributed by atoms with van der Waals surface area (Å²) in [4.78, 5) is 29.9. The van der Waals surface area contributed by atoms with Crippen molar-refractivity contribution in [2.75, 3.05) is 5.32 Å². The molecule has 0 radical (unpaired) electrons. The minimum Gasteiger partial charge on any atom is -0.325 e. The van der Waals surface area contributed by atoms with Crippen LogP contribution in [0.1, 0.15) is 70.8 Å². The lowest BCUT2D eigenvalue weighted by Gasteiger charge is -2.27. The molecule has 3 N–H and O–H groups in total. The fourth-order valence-electron chi connectivity index (χ4n) is 5.63. The summed E-state index contributed by atoms with van der Waals surface area (Å²) in [6.07, 6.45) is 9.37. The average Bonchev–Trinajstić information content (AvgIpc) is 3.76. The van der Waals surface area contributed by atoms with E-state index in [1.165, 1.54) is 0 Å². The lowest BCUT2D eigenvalue weighted by Crippen LogP contribution is -2.28. The number of anilines is 1. The molecule has 0 atom stereocenters. The smallest absolute Gasteiger partial charge is 0.224 e. The molecular weight excluding hydrogens is 470 g/mol. The number of nitrogens with one attached hydrogen (secondary N) is 1. The van der Waals surface area contributed by atoms with E-state index >= 15 is 0 Å². The predicted molar refractivity (Wildman–Crippen MR) is 153 cm³/mol. The van der Waals surface area contributed by atoms with Gasteiger partial charge in [0.1, 0.15) is 5.78 Å². The molecule has 1 amide bonds. The Hall–Kier alpha value is -3.31. The third kappa shape index (κ3) is 6.57. The van der Waals surface area contributed by atoms with Gasteiger partial charge in [0.25, 0.3) is 0 Å². The van der Waals surface area contributed by atoms with Crippen molar-refractivity contribution in [3.63, 3.8) is 0 Å². The van der Waals surface area contributed by atoms with Crippen LogP contribution in [-0.2, 0) is 15.1 Å². The van der Waals surface area contributed by atoms with Crippen LogP contribution in [0.15, 0.2) is 66.9 Å². The number of Topliss-reactive ketones (excluding diaryl/α,β-unsaturated/α-hetero) is 1. The Bertz CT molecular complexity index is 1270. The average molecular weight is 510 g/mol. The molecule has 5 rings (SSSR count). The van der Waals surface area contributed by atoms with Gasteiger partial charge in [-0.15, -0.1) is 0 Å². The van der Waals surface area contributed by atoms with Crippen LogP contribution in [0.3, 0.4) is 0 Å². The van der Waals surface area contributed by atoms with Gasteiger partial charge >= 0.3 is 0 Å². The normalized spacial score (nSPS) is 19.7. The Morgan fingerprint density at radius 2 is 1.50 bits per heavy atom. The van der Waals surface area contributed by atoms with Gasteiger partial charge in [-0.05, 0) is 81.4 Å². The monoisotopic (exact) mass is 509 g/mol. The number of hydrogen-bond acceptors (Lipinski definition) is 4. The van der Waals surface area contributed by atoms with Crippen molar-refractivity contribution in [1.29, 1.82) is 0 Å². The van der Waals surface area contributed by atoms with E-state index in [1.807, 2.05) is 38.1 Å². The molecule has 0 saturated heterocycles. The van der Waals surface area contributed by atoms with Gasteiger partial charge in [0.05, 0.1) is 17.6 Å². The summed E-state index contributed by atoms with van der Waals surface area (Å²) in [5.41, 5.74) is 11.5. The van der Waals surface area contributed by atoms with E-state index < -0.39 is 5.54 Å². The lowest BCUT2D eigenvalue weighted by atomic mass is 9.78. The molecule has 5 nitrogen and oxygen atoms in total. The number of hydrogen-bond donors (Lipinski definition) is 2. The number of ketones is 1. The number of carbonyl (C=O) groups excluding carboxylic acids is 2. The van der Waals surface area contributed by atoms with E-state index in [4.69, 9.17) is 10.7 Å². The molecule has 2 aliphatic rings. The van der Waals surface area contributed by atoms with Crippen LogP contribution in [0.25, 0.3) is 22.4 Å². The zero-order valence-electron chi connectivity index (χ0n) is 22.6. The van der Waals surface area contributed by atoms with Crippen LogP contribution in [0.2, 0.25) is 0 Å². The molecule has 0 unspecified atom stereocenters. The summed E-state index contributed by atoms with van der Waals surface area (Å²) in [5, 5.41) is 3.10. The van der Waals surface area contributed by atoms with E-state index in [1.54, 1.807) is 6.20 Å². The van der Waals surface area contributed by atoms with Crippen LogP contribution >= 0.6 is 0 Å². The summed E-state index contributed by atoms with van der Waals surface area (Å²) in [6.45, 7) is 3.99. The van der Waals surface area contributed by atoms with Crippen LogP contribution in [-0.4, -0.2) is 16.7 Å². The summed E-state index contributed by atoms with van der Waals surface area (Å²) < 4.78 is 0. The van der Waals surface area contributed by atoms with Crippen molar-refractivity contribution < 1.29 is 9.59 Å². The quantitative estimate of drug-likeness (QED) is 0.322. The zero-order valence-corrected chi connectivity index (χ0v) is 22.6. The zero-order chi connectivity index (χ0) is 26.7. The molecule has 1 aromatic heterocycles. The van der Waals surface area contributed by atoms with Crippen LogP contribution in [0, 0.1) is 17.8 Å². The van der Waals surface area contributed by atoms with Gasteiger partial charge in [-0.25, -0.2) is 0 Å². The van der Waals surface area contributed by atoms with E-state index in [0.717, 1.165) is 72.9 Å². The molecule has 198 valence electrons. The highest BCUT2D eigenvalue weighted by Gasteiger charge is 2.32. The lowest BCUT2D eigenvalue weighted by molar-refractivity contribution is -0.122. The first-order valence-electron chi connectivity index (χ1n) is 14.0. The highest BCUT2D eigenvalue weighted by molar-refractivity contribution is 5.93. The number of aromatic nitrogens is 1. The Morgan fingerprint density at radius 3 is 2.11 bits per heavy atom. The van der Waals surface area contributed by atoms with Gasteiger partial charge in [-0.3, -0.25) is 14.6 Å². The second-order valence-corrected chi connectivity index (χ2v) is 11.9. The van der Waals surface area contributed by atoms with Gasteiger partial charge in [0.15, 0.2) is 0 Å². The van der Waals surface area contributed by atoms with Crippen molar-refractivity contribution in [1.82, 2.24) is 4.98 Å². The van der Waals surface area contributed by atoms with E-state index in [-0.39, 0.29) is 5.91 Å². The van der Waals surface area contributed by atoms with E-state index in [9.17, 15) is 9.59 Å². The van der Waals surface area contributed by atoms with Crippen LogP contribution in [0.4, 0.5) is 5.69 Å². The molecule has 2 saturated carbocycles. The maximum absolute atomic E-state index is 13.0. The third-order valence-electron chi connectivity index (χ3n) is 8.12. The minimum absolute atomic E-state index is 0.0330. The minimum atomic E-state index is -0.407. The SMILES string of the molecule is CC(C)(N)c1ccc(-c2ncc(NC(=O)CC3CCC(CC(=O)C4CC4)CC3)cc2-c2ccccc2)cc1. The third-order valence-corrected chi connectivity index (χ3v) is 8.12. The second-order valence-electron chi connectivity index (χ2n) is 11.9. The second kappa shape index (κ2) is 11.2. The summed E-state index contributed by atoms with van der Waals surface area (Å²) in [6, 6.07) is 20.4. The predicted octanol–water partition coefficient (Wildman–Crippen LogP) is 7.11. The molecule has 2 aliphatic carbocycles. The Balaban J connectivity index is 1.26. The summed E-state index contributed by atoms with van der Waals surface area (Å²) in [5.74, 6) is 1.75. The molecular formula is C33H39N3O2. The van der Waals surface area contributed by atoms with Gasteiger partial charge in [0.2, 0.25) is 5.91 Å².